The topological polar surface area (TPSA) is 15.8 Å². The first kappa shape index (κ1) is 6.49. The zero-order valence-corrected chi connectivity index (χ0v) is 8.36. The highest BCUT2D eigenvalue weighted by Gasteiger charge is 2.48. The van der Waals surface area contributed by atoms with Gasteiger partial charge in [-0.05, 0) is 27.3 Å². The Morgan fingerprint density at radius 1 is 1.33 bits per heavy atom. The minimum Gasteiger partial charge on any atom is -0.361 e. The summed E-state index contributed by atoms with van der Waals surface area (Å²) in [7, 11) is -1.16. The minimum absolute atomic E-state index is 1.16. The highest BCUT2D eigenvalue weighted by molar-refractivity contribution is 7.15. The van der Waals surface area contributed by atoms with Crippen molar-refractivity contribution in [3.05, 3.63) is 35.0 Å². The van der Waals surface area contributed by atoms with Crippen LogP contribution in [0.15, 0.2) is 24.4 Å². The summed E-state index contributed by atoms with van der Waals surface area (Å²) in [6.45, 7) is 8.91. The lowest BCUT2D eigenvalue weighted by Crippen LogP contribution is -2.41. The molecule has 2 aliphatic heterocycles. The second-order valence-corrected chi connectivity index (χ2v) is 8.37. The Balaban J connectivity index is 2.63. The largest absolute Gasteiger partial charge is 0.361 e. The van der Waals surface area contributed by atoms with Gasteiger partial charge in [0.1, 0.15) is 8.07 Å². The Kier molecular flexibility index (Phi) is 0.823. The standard InChI is InChI=1S/C10H11NSi/c1-6-9-7-4-5-11-8(7)10(6)12(9,2)3/h4-5,11H,1H2,2-3H3. The van der Waals surface area contributed by atoms with Crippen molar-refractivity contribution in [2.75, 3.05) is 0 Å². The van der Waals surface area contributed by atoms with E-state index in [1.807, 2.05) is 6.20 Å². The van der Waals surface area contributed by atoms with Gasteiger partial charge in [0.05, 0.1) is 0 Å². The first-order chi connectivity index (χ1) is 5.64. The summed E-state index contributed by atoms with van der Waals surface area (Å²) in [5, 5.41) is 5.93. The quantitative estimate of drug-likeness (QED) is 0.556. The van der Waals surface area contributed by atoms with Crippen molar-refractivity contribution in [2.24, 2.45) is 0 Å². The molecule has 0 saturated carbocycles. The predicted octanol–water partition coefficient (Wildman–Crippen LogP) is 0.686. The minimum atomic E-state index is -1.16. The molecule has 3 aliphatic rings. The third-order valence-electron chi connectivity index (χ3n) is 3.12. The molecule has 1 aromatic rings. The number of H-pyrrole nitrogens is 1. The summed E-state index contributed by atoms with van der Waals surface area (Å²) in [5.74, 6) is 0. The zero-order chi connectivity index (χ0) is 8.51. The number of rotatable bonds is 0. The van der Waals surface area contributed by atoms with E-state index < -0.39 is 8.07 Å². The summed E-state index contributed by atoms with van der Waals surface area (Å²) in [6, 6.07) is 2.19. The lowest BCUT2D eigenvalue weighted by molar-refractivity contribution is 1.32. The third kappa shape index (κ3) is 0.418. The number of allylic oxidation sites excluding steroid dienone is 1. The maximum atomic E-state index is 4.11. The van der Waals surface area contributed by atoms with E-state index in [2.05, 4.69) is 30.7 Å². The van der Waals surface area contributed by atoms with Gasteiger partial charge in [-0.25, -0.2) is 0 Å². The Bertz CT molecular complexity index is 474. The van der Waals surface area contributed by atoms with Gasteiger partial charge >= 0.3 is 0 Å². The molecule has 0 atom stereocenters. The first-order valence-electron chi connectivity index (χ1n) is 4.26. The summed E-state index contributed by atoms with van der Waals surface area (Å²) < 4.78 is 0. The van der Waals surface area contributed by atoms with Gasteiger partial charge in [0.15, 0.2) is 0 Å². The average molecular weight is 173 g/mol. The predicted molar refractivity (Wildman–Crippen MR) is 53.5 cm³/mol. The van der Waals surface area contributed by atoms with Crippen LogP contribution in [0.1, 0.15) is 0 Å². The van der Waals surface area contributed by atoms with Gasteiger partial charge in [-0.15, -0.1) is 0 Å². The Morgan fingerprint density at radius 2 is 2.08 bits per heavy atom. The van der Waals surface area contributed by atoms with Crippen molar-refractivity contribution < 1.29 is 0 Å². The Morgan fingerprint density at radius 3 is 2.67 bits per heavy atom. The molecular weight excluding hydrogens is 162 g/mol. The van der Waals surface area contributed by atoms with Gasteiger partial charge in [0.25, 0.3) is 0 Å². The fourth-order valence-corrected chi connectivity index (χ4v) is 6.22. The maximum Gasteiger partial charge on any atom is 0.117 e. The van der Waals surface area contributed by atoms with Gasteiger partial charge in [-0.3, -0.25) is 0 Å². The van der Waals surface area contributed by atoms with Gasteiger partial charge in [-0.2, -0.15) is 0 Å². The summed E-state index contributed by atoms with van der Waals surface area (Å²) in [5.41, 5.74) is 1.31. The van der Waals surface area contributed by atoms with Gasteiger partial charge < -0.3 is 4.98 Å². The molecule has 3 heterocycles. The normalized spacial score (nSPS) is 22.7. The monoisotopic (exact) mass is 173 g/mol. The van der Waals surface area contributed by atoms with E-state index in [0.717, 1.165) is 0 Å². The maximum absolute atomic E-state index is 4.11. The molecule has 12 heavy (non-hydrogen) atoms. The molecule has 0 spiro atoms. The fourth-order valence-electron chi connectivity index (χ4n) is 2.69. The molecule has 0 amide bonds. The molecule has 1 N–H and O–H groups in total. The number of hydrogen-bond donors (Lipinski definition) is 1. The average Bonchev–Trinajstić information content (AvgIpc) is 2.48. The van der Waals surface area contributed by atoms with Crippen molar-refractivity contribution in [3.8, 4) is 0 Å². The number of aromatic amines is 1. The fraction of sp³-hybridized carbons (Fsp3) is 0.200. The van der Waals surface area contributed by atoms with Crippen LogP contribution in [0.5, 0.6) is 0 Å². The first-order valence-corrected chi connectivity index (χ1v) is 7.26. The molecule has 1 aromatic heterocycles. The van der Waals surface area contributed by atoms with Crippen LogP contribution in [0.3, 0.4) is 0 Å². The Labute approximate surface area is 72.1 Å². The molecule has 0 aromatic carbocycles. The lowest BCUT2D eigenvalue weighted by atomic mass is 10.3. The molecule has 2 bridgehead atoms. The van der Waals surface area contributed by atoms with Crippen molar-refractivity contribution in [2.45, 2.75) is 13.1 Å². The summed E-state index contributed by atoms with van der Waals surface area (Å²) >= 11 is 0. The van der Waals surface area contributed by atoms with Crippen LogP contribution in [-0.2, 0) is 0 Å². The second-order valence-electron chi connectivity index (χ2n) is 4.12. The second kappa shape index (κ2) is 1.52. The SMILES string of the molecule is C=C1C2=c3cc[nH]c3=C1[Si]2(C)C. The Hall–Kier alpha value is -1.02. The van der Waals surface area contributed by atoms with Gasteiger partial charge in [0, 0.05) is 11.5 Å². The van der Waals surface area contributed by atoms with Crippen molar-refractivity contribution in [1.29, 1.82) is 0 Å². The highest BCUT2D eigenvalue weighted by atomic mass is 28.3. The lowest BCUT2D eigenvalue weighted by Gasteiger charge is -2.38. The van der Waals surface area contributed by atoms with Crippen LogP contribution in [0.4, 0.5) is 0 Å². The molecule has 4 rings (SSSR count). The van der Waals surface area contributed by atoms with Crippen LogP contribution >= 0.6 is 0 Å². The summed E-state index contributed by atoms with van der Waals surface area (Å²) in [4.78, 5) is 3.31. The van der Waals surface area contributed by atoms with E-state index in [1.165, 1.54) is 16.1 Å². The van der Waals surface area contributed by atoms with E-state index in [1.54, 1.807) is 10.4 Å². The van der Waals surface area contributed by atoms with Crippen LogP contribution in [-0.4, -0.2) is 13.1 Å². The van der Waals surface area contributed by atoms with Crippen LogP contribution in [0.25, 0.3) is 10.4 Å². The van der Waals surface area contributed by atoms with Crippen LogP contribution in [0.2, 0.25) is 13.1 Å². The summed E-state index contributed by atoms with van der Waals surface area (Å²) in [6.07, 6.45) is 2.03. The molecule has 1 fully saturated rings. The van der Waals surface area contributed by atoms with Crippen molar-refractivity contribution in [3.63, 3.8) is 0 Å². The molecule has 2 heteroatoms. The van der Waals surface area contributed by atoms with Crippen molar-refractivity contribution in [1.82, 2.24) is 4.98 Å². The molecule has 0 radical (unpaired) electrons. The van der Waals surface area contributed by atoms with E-state index in [0.29, 0.717) is 0 Å². The van der Waals surface area contributed by atoms with Gasteiger partial charge in [0.2, 0.25) is 0 Å². The zero-order valence-electron chi connectivity index (χ0n) is 7.36. The van der Waals surface area contributed by atoms with E-state index >= 15 is 0 Å². The number of hydrogen-bond acceptors (Lipinski definition) is 0. The molecule has 1 saturated heterocycles. The molecule has 1 nitrogen and oxygen atoms in total. The van der Waals surface area contributed by atoms with Crippen LogP contribution < -0.4 is 10.6 Å². The molecule has 60 valence electrons. The third-order valence-corrected chi connectivity index (χ3v) is 6.74. The van der Waals surface area contributed by atoms with Gasteiger partial charge in [-0.1, -0.05) is 19.7 Å². The van der Waals surface area contributed by atoms with Crippen LogP contribution in [0, 0.1) is 0 Å². The number of aromatic nitrogens is 1. The van der Waals surface area contributed by atoms with E-state index in [-0.39, 0.29) is 0 Å². The highest BCUT2D eigenvalue weighted by Crippen LogP contribution is 2.47. The van der Waals surface area contributed by atoms with E-state index in [9.17, 15) is 0 Å². The smallest absolute Gasteiger partial charge is 0.117 e. The number of nitrogens with one attached hydrogen (secondary N) is 1. The van der Waals surface area contributed by atoms with E-state index in [4.69, 9.17) is 0 Å². The molecule has 1 aliphatic carbocycles. The van der Waals surface area contributed by atoms with Crippen molar-refractivity contribution >= 4 is 18.5 Å². The molecular formula is C10H11NSi. The molecule has 0 unspecified atom stereocenters.